The molecule has 6 heteroatoms. The molecule has 1 aromatic rings. The number of hydrogen-bond acceptors (Lipinski definition) is 0. The van der Waals surface area contributed by atoms with E-state index in [0.717, 1.165) is 146 Å². The minimum atomic E-state index is -0.826. The van der Waals surface area contributed by atoms with E-state index in [1.54, 1.807) is 99.3 Å². The molecule has 646 valence electrons. The first-order valence-corrected chi connectivity index (χ1v) is 54.5. The topological polar surface area (TPSA) is 28.2 Å². The van der Waals surface area contributed by atoms with Crippen molar-refractivity contribution in [2.45, 2.75) is 316 Å². The second-order valence-electron chi connectivity index (χ2n) is 38.6. The first-order valence-electron chi connectivity index (χ1n) is 48.2. The molecule has 1 aromatic carbocycles. The third-order valence-electron chi connectivity index (χ3n) is 33.9. The van der Waals surface area contributed by atoms with Crippen molar-refractivity contribution in [2.75, 3.05) is 26.2 Å². The molecule has 12 fully saturated rings. The molecular formula is C111H170Cl2N2Zr2. The van der Waals surface area contributed by atoms with Crippen molar-refractivity contribution in [1.82, 2.24) is 0 Å². The van der Waals surface area contributed by atoms with E-state index in [-0.39, 0.29) is 55.9 Å². The number of allylic oxidation sites excluding steroid dienone is 23. The molecule has 17 aliphatic rings. The van der Waals surface area contributed by atoms with Gasteiger partial charge in [0, 0.05) is 11.8 Å². The van der Waals surface area contributed by atoms with Gasteiger partial charge in [0.1, 0.15) is 0 Å². The van der Waals surface area contributed by atoms with Gasteiger partial charge in [-0.1, -0.05) is 314 Å². The van der Waals surface area contributed by atoms with E-state index < -0.39 is 20.8 Å². The van der Waals surface area contributed by atoms with E-state index in [9.17, 15) is 0 Å². The summed E-state index contributed by atoms with van der Waals surface area (Å²) >= 11 is -0.826. The third kappa shape index (κ3) is 24.1. The number of hydrogen-bond donors (Lipinski definition) is 0. The van der Waals surface area contributed by atoms with Crippen LogP contribution in [0.2, 0.25) is 0 Å². The Balaban J connectivity index is 0.000000205. The quantitative estimate of drug-likeness (QED) is 0.0976. The van der Waals surface area contributed by atoms with Gasteiger partial charge >= 0.3 is 64.1 Å². The van der Waals surface area contributed by atoms with Crippen molar-refractivity contribution in [3.05, 3.63) is 228 Å². The van der Waals surface area contributed by atoms with Gasteiger partial charge in [0.2, 0.25) is 0 Å². The molecule has 17 aliphatic carbocycles. The van der Waals surface area contributed by atoms with Crippen LogP contribution in [0, 0.1) is 158 Å². The van der Waals surface area contributed by atoms with Gasteiger partial charge in [-0.2, -0.15) is 26.2 Å². The summed E-state index contributed by atoms with van der Waals surface area (Å²) in [5, 5.41) is 7.94. The standard InChI is InChI=1S/2C28H42.C28H34.C15H20.2C4H10N.4CH3.2ClH.2Zr/c3*1-2-3-11-22-20-27(25-17-8-7-16-24(22)25)28(23-14-5-6-15-23)19-10-13-21-12-4-9-18-26(21)28;1-2-7-12(6-1)15-11-5-9-13-8-3-4-10-14(13)15;2*1-3-5-4-2;;;;;;;;/h2*2,7-8,16-17,21-27H,1,3-6,9-15,18-20H2;2,5-8,14-17,20-21,23,26-27H,1,3-4,9-13,18-19H2;1-2,6-7,13-14H,3-5,8-11H2;2*3-4H2,1-2H3;4*1H3;2*1H;;/q;;;;6*-1;;;2*+4/p-2. The van der Waals surface area contributed by atoms with Crippen molar-refractivity contribution < 1.29 is 47.1 Å². The number of halogens is 2. The monoisotopic (exact) mass is 1780 g/mol. The first-order chi connectivity index (χ1) is 55.2. The van der Waals surface area contributed by atoms with Crippen LogP contribution < -0.4 is 0 Å². The Morgan fingerprint density at radius 1 is 0.419 bits per heavy atom. The average Bonchev–Trinajstić information content (AvgIpc) is 1.62. The molecule has 0 heterocycles. The molecule has 18 rings (SSSR count). The predicted octanol–water partition coefficient (Wildman–Crippen LogP) is 34.5. The van der Waals surface area contributed by atoms with Crippen LogP contribution in [0.3, 0.4) is 0 Å². The molecule has 0 spiro atoms. The first kappa shape index (κ1) is 102. The Kier molecular flexibility index (Phi) is 46.2. The van der Waals surface area contributed by atoms with Crippen LogP contribution in [-0.2, 0) is 47.1 Å². The summed E-state index contributed by atoms with van der Waals surface area (Å²) in [7, 11) is 9.87. The van der Waals surface area contributed by atoms with Gasteiger partial charge in [0.15, 0.2) is 0 Å². The van der Waals surface area contributed by atoms with Gasteiger partial charge in [-0.25, -0.2) is 0 Å². The van der Waals surface area contributed by atoms with Gasteiger partial charge < -0.3 is 40.3 Å². The van der Waals surface area contributed by atoms with Gasteiger partial charge in [-0.3, -0.25) is 0 Å². The molecule has 0 radical (unpaired) electrons. The Bertz CT molecular complexity index is 3210. The minimum absolute atomic E-state index is 0. The van der Waals surface area contributed by atoms with Crippen molar-refractivity contribution >= 4 is 22.6 Å². The Labute approximate surface area is 761 Å². The molecule has 12 saturated carbocycles. The van der Waals surface area contributed by atoms with Crippen molar-refractivity contribution in [2.24, 2.45) is 129 Å². The van der Waals surface area contributed by atoms with Gasteiger partial charge in [0.25, 0.3) is 0 Å². The van der Waals surface area contributed by atoms with Crippen molar-refractivity contribution in [1.29, 1.82) is 0 Å². The van der Waals surface area contributed by atoms with E-state index in [0.29, 0.717) is 28.1 Å². The van der Waals surface area contributed by atoms with E-state index in [4.69, 9.17) is 17.0 Å². The van der Waals surface area contributed by atoms with Crippen LogP contribution in [0.25, 0.3) is 16.2 Å². The van der Waals surface area contributed by atoms with Crippen LogP contribution in [0.1, 0.15) is 327 Å². The Morgan fingerprint density at radius 2 is 0.795 bits per heavy atom. The van der Waals surface area contributed by atoms with E-state index in [2.05, 4.69) is 176 Å². The molecule has 2 nitrogen and oxygen atoms in total. The van der Waals surface area contributed by atoms with E-state index in [1.165, 1.54) is 198 Å². The summed E-state index contributed by atoms with van der Waals surface area (Å²) in [4.78, 5) is 0. The summed E-state index contributed by atoms with van der Waals surface area (Å²) in [6, 6.07) is 9.31. The van der Waals surface area contributed by atoms with Gasteiger partial charge in [-0.15, -0.1) is 19.7 Å². The SMILES string of the molecule is C1=CC(=C2CCCC3CCCCC23)C=C1.C=CCCC1=CC(C2(C3C=CC=C3)CCCC3CCCCC32)c2ccccc21.C=CCCC1CC(C2(C3CCCC3)CCCC3CCCCC32)C2C=CC=CC12.C=CCCC1CC(C2(C3CCCC3)CCCC3CCCCC32)C2C=CC=CC12.CC[N-]CC.CC[N-]CC.[CH3-].[CH3-].[CH3-].[CH3-].[Cl][Zr+2][Cl].[Zr+4]. The minimum Gasteiger partial charge on any atom is 4.00 e. The number of fused-ring (bicyclic) bond motifs is 7. The molecule has 117 heavy (non-hydrogen) atoms. The summed E-state index contributed by atoms with van der Waals surface area (Å²) in [6.45, 7) is 24.1. The Hall–Kier alpha value is -1.89. The fraction of sp³-hybridized carbons (Fsp3) is 0.676. The molecule has 0 amide bonds. The van der Waals surface area contributed by atoms with E-state index >= 15 is 0 Å². The van der Waals surface area contributed by atoms with Gasteiger partial charge in [0.05, 0.1) is 0 Å². The number of nitrogens with zero attached hydrogens (tertiary/aromatic N) is 2. The van der Waals surface area contributed by atoms with Gasteiger partial charge in [-0.05, 0) is 293 Å². The fourth-order valence-corrected chi connectivity index (χ4v) is 29.9. The van der Waals surface area contributed by atoms with Crippen LogP contribution in [-0.4, -0.2) is 26.2 Å². The maximum atomic E-state index is 4.93. The number of benzene rings is 1. The van der Waals surface area contributed by atoms with Crippen molar-refractivity contribution in [3.63, 3.8) is 0 Å². The van der Waals surface area contributed by atoms with Crippen LogP contribution in [0.15, 0.2) is 177 Å². The molecule has 0 N–H and O–H groups in total. The van der Waals surface area contributed by atoms with E-state index in [1.807, 2.05) is 27.7 Å². The predicted molar refractivity (Wildman–Crippen MR) is 511 cm³/mol. The molecular weight excluding hydrogens is 1610 g/mol. The van der Waals surface area contributed by atoms with Crippen LogP contribution in [0.4, 0.5) is 0 Å². The summed E-state index contributed by atoms with van der Waals surface area (Å²) in [6.07, 6.45) is 112. The molecule has 20 unspecified atom stereocenters. The fourth-order valence-electron chi connectivity index (χ4n) is 29.9. The smallest absolute Gasteiger partial charge is 4.00 e. The summed E-state index contributed by atoms with van der Waals surface area (Å²) in [5.41, 5.74) is 9.78. The zero-order valence-electron chi connectivity index (χ0n) is 76.1. The molecule has 0 saturated heterocycles. The second-order valence-corrected chi connectivity index (χ2v) is 42.4. The molecule has 0 aromatic heterocycles. The maximum absolute atomic E-state index is 4.93. The second kappa shape index (κ2) is 52.9. The largest absolute Gasteiger partial charge is 4.00 e. The molecule has 0 aliphatic heterocycles. The number of rotatable bonds is 19. The van der Waals surface area contributed by atoms with Crippen LogP contribution in [0.5, 0.6) is 0 Å². The average molecular weight is 1790 g/mol. The zero-order valence-corrected chi connectivity index (χ0v) is 82.5. The summed E-state index contributed by atoms with van der Waals surface area (Å²) in [5.74, 6) is 18.3. The molecule has 0 bridgehead atoms. The van der Waals surface area contributed by atoms with Crippen molar-refractivity contribution in [3.8, 4) is 0 Å². The maximum Gasteiger partial charge on any atom is 4.00 e. The Morgan fingerprint density at radius 3 is 1.24 bits per heavy atom. The normalized spacial score (nSPS) is 35.3. The molecule has 20 atom stereocenters. The summed E-state index contributed by atoms with van der Waals surface area (Å²) < 4.78 is 0. The van der Waals surface area contributed by atoms with Crippen LogP contribution >= 0.6 is 17.0 Å². The third-order valence-corrected chi connectivity index (χ3v) is 33.9. The zero-order chi connectivity index (χ0) is 78.0.